The quantitative estimate of drug-likeness (QED) is 0.778. The van der Waals surface area contributed by atoms with Gasteiger partial charge in [-0.25, -0.2) is 13.6 Å². The molecule has 80 valence electrons. The van der Waals surface area contributed by atoms with E-state index in [1.807, 2.05) is 0 Å². The summed E-state index contributed by atoms with van der Waals surface area (Å²) >= 11 is 0. The number of carboxylic acid groups (broad SMARTS) is 1. The Morgan fingerprint density at radius 1 is 1.33 bits per heavy atom. The van der Waals surface area contributed by atoms with Crippen LogP contribution in [0.3, 0.4) is 0 Å². The van der Waals surface area contributed by atoms with Crippen molar-refractivity contribution < 1.29 is 23.5 Å². The van der Waals surface area contributed by atoms with Crippen LogP contribution in [0.4, 0.5) is 8.78 Å². The predicted octanol–water partition coefficient (Wildman–Crippen LogP) is 0.691. The second-order valence-corrected chi connectivity index (χ2v) is 2.87. The van der Waals surface area contributed by atoms with Gasteiger partial charge in [0.15, 0.2) is 0 Å². The van der Waals surface area contributed by atoms with Crippen LogP contribution in [0, 0.1) is 11.6 Å². The Labute approximate surface area is 83.3 Å². The van der Waals surface area contributed by atoms with Crippen molar-refractivity contribution in [2.24, 2.45) is 5.73 Å². The van der Waals surface area contributed by atoms with Crippen LogP contribution in [-0.4, -0.2) is 17.0 Å². The molecule has 1 amide bonds. The van der Waals surface area contributed by atoms with Gasteiger partial charge >= 0.3 is 5.97 Å². The van der Waals surface area contributed by atoms with Crippen LogP contribution in [-0.2, 0) is 11.2 Å². The molecule has 4 nitrogen and oxygen atoms in total. The second kappa shape index (κ2) is 4.04. The molecule has 0 saturated carbocycles. The average molecular weight is 215 g/mol. The molecule has 15 heavy (non-hydrogen) atoms. The fourth-order valence-electron chi connectivity index (χ4n) is 1.19. The van der Waals surface area contributed by atoms with Gasteiger partial charge in [0.25, 0.3) is 0 Å². The van der Waals surface area contributed by atoms with E-state index in [1.54, 1.807) is 0 Å². The Kier molecular flexibility index (Phi) is 2.99. The molecule has 0 aromatic heterocycles. The largest absolute Gasteiger partial charge is 0.478 e. The van der Waals surface area contributed by atoms with Gasteiger partial charge in [-0.3, -0.25) is 4.79 Å². The lowest BCUT2D eigenvalue weighted by Gasteiger charge is -2.05. The van der Waals surface area contributed by atoms with Gasteiger partial charge in [-0.1, -0.05) is 0 Å². The van der Waals surface area contributed by atoms with Crippen LogP contribution in [0.1, 0.15) is 15.9 Å². The number of nitrogens with two attached hydrogens (primary N) is 1. The normalized spacial score (nSPS) is 10.0. The maximum atomic E-state index is 13.0. The van der Waals surface area contributed by atoms with Crippen molar-refractivity contribution in [3.63, 3.8) is 0 Å². The summed E-state index contributed by atoms with van der Waals surface area (Å²) in [6, 6.07) is 1.21. The third-order valence-electron chi connectivity index (χ3n) is 1.72. The molecule has 0 spiro atoms. The van der Waals surface area contributed by atoms with Gasteiger partial charge in [-0.15, -0.1) is 0 Å². The number of amides is 1. The van der Waals surface area contributed by atoms with Gasteiger partial charge in [-0.05, 0) is 11.6 Å². The summed E-state index contributed by atoms with van der Waals surface area (Å²) in [6.07, 6.45) is -0.518. The molecule has 0 heterocycles. The number of carbonyl (C=O) groups excluding carboxylic acids is 1. The van der Waals surface area contributed by atoms with E-state index < -0.39 is 35.5 Å². The Hall–Kier alpha value is -1.98. The van der Waals surface area contributed by atoms with Gasteiger partial charge in [-0.2, -0.15) is 0 Å². The van der Waals surface area contributed by atoms with Crippen molar-refractivity contribution in [2.45, 2.75) is 6.42 Å². The zero-order chi connectivity index (χ0) is 11.6. The van der Waals surface area contributed by atoms with Gasteiger partial charge in [0.1, 0.15) is 11.6 Å². The molecule has 1 aromatic rings. The summed E-state index contributed by atoms with van der Waals surface area (Å²) in [5.41, 5.74) is 3.82. The number of rotatable bonds is 3. The van der Waals surface area contributed by atoms with E-state index in [1.165, 1.54) is 0 Å². The first-order valence-electron chi connectivity index (χ1n) is 3.91. The van der Waals surface area contributed by atoms with Gasteiger partial charge in [0.05, 0.1) is 12.0 Å². The van der Waals surface area contributed by atoms with Gasteiger partial charge < -0.3 is 10.8 Å². The fourth-order valence-corrected chi connectivity index (χ4v) is 1.19. The molecule has 0 bridgehead atoms. The molecule has 3 N–H and O–H groups in total. The van der Waals surface area contributed by atoms with E-state index in [-0.39, 0.29) is 5.56 Å². The lowest BCUT2D eigenvalue weighted by atomic mass is 10.0. The van der Waals surface area contributed by atoms with Crippen LogP contribution >= 0.6 is 0 Å². The molecule has 0 fully saturated rings. The number of carboxylic acids is 1. The number of hydrogen-bond donors (Lipinski definition) is 2. The minimum absolute atomic E-state index is 0.271. The van der Waals surface area contributed by atoms with Crippen LogP contribution in [0.15, 0.2) is 12.1 Å². The average Bonchev–Trinajstić information content (AvgIpc) is 1.99. The number of carbonyl (C=O) groups is 2. The van der Waals surface area contributed by atoms with E-state index in [9.17, 15) is 18.4 Å². The summed E-state index contributed by atoms with van der Waals surface area (Å²) in [6.45, 7) is 0. The smallest absolute Gasteiger partial charge is 0.338 e. The second-order valence-electron chi connectivity index (χ2n) is 2.87. The summed E-state index contributed by atoms with van der Waals surface area (Å²) < 4.78 is 25.8. The van der Waals surface area contributed by atoms with Crippen molar-refractivity contribution in [2.75, 3.05) is 0 Å². The standard InChI is InChI=1S/C9H7F2NO3/c10-5-1-4(2-7(12)13)8(9(14)15)6(11)3-5/h1,3H,2H2,(H2,12,13)(H,14,15). The highest BCUT2D eigenvalue weighted by molar-refractivity contribution is 5.91. The van der Waals surface area contributed by atoms with E-state index in [4.69, 9.17) is 10.8 Å². The summed E-state index contributed by atoms with van der Waals surface area (Å²) in [5.74, 6) is -4.60. The molecule has 1 aromatic carbocycles. The number of benzene rings is 1. The molecule has 0 aliphatic heterocycles. The van der Waals surface area contributed by atoms with Crippen LogP contribution < -0.4 is 5.73 Å². The van der Waals surface area contributed by atoms with Gasteiger partial charge in [0, 0.05) is 6.07 Å². The molecule has 0 aliphatic carbocycles. The van der Waals surface area contributed by atoms with Crippen molar-refractivity contribution in [3.8, 4) is 0 Å². The SMILES string of the molecule is NC(=O)Cc1cc(F)cc(F)c1C(=O)O. The van der Waals surface area contributed by atoms with Crippen LogP contribution in [0.2, 0.25) is 0 Å². The molecular weight excluding hydrogens is 208 g/mol. The highest BCUT2D eigenvalue weighted by atomic mass is 19.1. The lowest BCUT2D eigenvalue weighted by molar-refractivity contribution is -0.117. The Morgan fingerprint density at radius 3 is 2.40 bits per heavy atom. The summed E-state index contributed by atoms with van der Waals surface area (Å²) in [7, 11) is 0. The van der Waals surface area contributed by atoms with Crippen LogP contribution in [0.25, 0.3) is 0 Å². The minimum Gasteiger partial charge on any atom is -0.478 e. The monoisotopic (exact) mass is 215 g/mol. The number of primary amides is 1. The number of aromatic carboxylic acids is 1. The highest BCUT2D eigenvalue weighted by Gasteiger charge is 2.18. The molecule has 0 atom stereocenters. The zero-order valence-corrected chi connectivity index (χ0v) is 7.46. The first kappa shape index (κ1) is 11.1. The van der Waals surface area contributed by atoms with Crippen molar-refractivity contribution in [1.82, 2.24) is 0 Å². The van der Waals surface area contributed by atoms with E-state index in [2.05, 4.69) is 0 Å². The predicted molar refractivity (Wildman–Crippen MR) is 46.2 cm³/mol. The fraction of sp³-hybridized carbons (Fsp3) is 0.111. The van der Waals surface area contributed by atoms with E-state index in [0.717, 1.165) is 6.07 Å². The lowest BCUT2D eigenvalue weighted by Crippen LogP contribution is -2.17. The van der Waals surface area contributed by atoms with Crippen molar-refractivity contribution in [3.05, 3.63) is 34.9 Å². The van der Waals surface area contributed by atoms with E-state index in [0.29, 0.717) is 6.07 Å². The number of hydrogen-bond acceptors (Lipinski definition) is 2. The van der Waals surface area contributed by atoms with Crippen molar-refractivity contribution in [1.29, 1.82) is 0 Å². The maximum absolute atomic E-state index is 13.0. The van der Waals surface area contributed by atoms with E-state index >= 15 is 0 Å². The highest BCUT2D eigenvalue weighted by Crippen LogP contribution is 2.16. The molecular formula is C9H7F2NO3. The summed E-state index contributed by atoms with van der Waals surface area (Å²) in [4.78, 5) is 21.2. The first-order chi connectivity index (χ1) is 6.91. The molecule has 0 radical (unpaired) electrons. The molecule has 0 aliphatic rings. The topological polar surface area (TPSA) is 80.4 Å². The number of halogens is 2. The first-order valence-corrected chi connectivity index (χ1v) is 3.91. The molecule has 0 unspecified atom stereocenters. The van der Waals surface area contributed by atoms with Crippen LogP contribution in [0.5, 0.6) is 0 Å². The third kappa shape index (κ3) is 2.49. The zero-order valence-electron chi connectivity index (χ0n) is 7.46. The summed E-state index contributed by atoms with van der Waals surface area (Å²) in [5, 5.41) is 8.64. The molecule has 0 saturated heterocycles. The van der Waals surface area contributed by atoms with Crippen molar-refractivity contribution >= 4 is 11.9 Å². The third-order valence-corrected chi connectivity index (χ3v) is 1.72. The Bertz CT molecular complexity index is 432. The Balaban J connectivity index is 3.33. The molecule has 1 rings (SSSR count). The maximum Gasteiger partial charge on any atom is 0.338 e. The molecule has 6 heteroatoms. The Morgan fingerprint density at radius 2 is 1.93 bits per heavy atom. The minimum atomic E-state index is -1.57. The van der Waals surface area contributed by atoms with Gasteiger partial charge in [0.2, 0.25) is 5.91 Å².